The van der Waals surface area contributed by atoms with Crippen molar-refractivity contribution in [1.29, 1.82) is 0 Å². The molecule has 0 saturated carbocycles. The normalized spacial score (nSPS) is 17.5. The zero-order valence-corrected chi connectivity index (χ0v) is 14.8. The summed E-state index contributed by atoms with van der Waals surface area (Å²) in [6.07, 6.45) is 0.00171. The van der Waals surface area contributed by atoms with Crippen LogP contribution in [-0.2, 0) is 16.1 Å². The number of carbonyl (C=O) groups is 2. The van der Waals surface area contributed by atoms with Crippen molar-refractivity contribution in [2.45, 2.75) is 45.4 Å². The smallest absolute Gasteiger partial charge is 0.410 e. The number of carbonyl (C=O) groups excluding carboxylic acids is 2. The highest BCUT2D eigenvalue weighted by atomic mass is 16.6. The average Bonchev–Trinajstić information content (AvgIpc) is 3.01. The molecule has 1 aromatic carbocycles. The molecular formula is C18H26N2O4. The minimum Gasteiger partial charge on any atom is -0.445 e. The first-order chi connectivity index (χ1) is 11.3. The standard InChI is InChI=1S/C18H26N2O4/c1-18(2,3)24-16(21)19(4)15-10-11-20(12-15)17(22)23-13-14-8-6-5-7-9-14/h5-9,15H,10-13H2,1-4H3. The van der Waals surface area contributed by atoms with Gasteiger partial charge in [0.05, 0.1) is 6.04 Å². The highest BCUT2D eigenvalue weighted by Gasteiger charge is 2.33. The van der Waals surface area contributed by atoms with Gasteiger partial charge in [0.1, 0.15) is 12.2 Å². The Hall–Kier alpha value is -2.24. The number of nitrogens with zero attached hydrogens (tertiary/aromatic N) is 2. The highest BCUT2D eigenvalue weighted by molar-refractivity contribution is 5.70. The first kappa shape index (κ1) is 18.1. The van der Waals surface area contributed by atoms with Crippen LogP contribution in [0.15, 0.2) is 30.3 Å². The van der Waals surface area contributed by atoms with Crippen molar-refractivity contribution >= 4 is 12.2 Å². The lowest BCUT2D eigenvalue weighted by Gasteiger charge is -2.28. The van der Waals surface area contributed by atoms with E-state index in [9.17, 15) is 9.59 Å². The average molecular weight is 334 g/mol. The van der Waals surface area contributed by atoms with Crippen molar-refractivity contribution in [1.82, 2.24) is 9.80 Å². The Morgan fingerprint density at radius 3 is 2.54 bits per heavy atom. The molecule has 1 heterocycles. The molecule has 6 nitrogen and oxygen atoms in total. The van der Waals surface area contributed by atoms with Gasteiger partial charge in [0, 0.05) is 20.1 Å². The molecule has 1 unspecified atom stereocenters. The number of ether oxygens (including phenoxy) is 2. The molecule has 1 aliphatic rings. The summed E-state index contributed by atoms with van der Waals surface area (Å²) in [5.41, 5.74) is 0.422. The van der Waals surface area contributed by atoms with Gasteiger partial charge in [0.25, 0.3) is 0 Å². The molecule has 6 heteroatoms. The second-order valence-corrected chi connectivity index (χ2v) is 7.02. The van der Waals surface area contributed by atoms with Gasteiger partial charge >= 0.3 is 12.2 Å². The maximum absolute atomic E-state index is 12.2. The Morgan fingerprint density at radius 1 is 1.25 bits per heavy atom. The van der Waals surface area contributed by atoms with Crippen LogP contribution in [0.25, 0.3) is 0 Å². The number of hydrogen-bond donors (Lipinski definition) is 0. The minimum atomic E-state index is -0.530. The van der Waals surface area contributed by atoms with Gasteiger partial charge < -0.3 is 19.3 Å². The van der Waals surface area contributed by atoms with Crippen LogP contribution in [0.1, 0.15) is 32.8 Å². The molecule has 1 saturated heterocycles. The van der Waals surface area contributed by atoms with Crippen molar-refractivity contribution in [3.05, 3.63) is 35.9 Å². The van der Waals surface area contributed by atoms with Gasteiger partial charge in [-0.2, -0.15) is 0 Å². The number of amides is 2. The van der Waals surface area contributed by atoms with E-state index in [1.807, 2.05) is 51.1 Å². The van der Waals surface area contributed by atoms with Gasteiger partial charge in [-0.3, -0.25) is 0 Å². The van der Waals surface area contributed by atoms with Crippen LogP contribution >= 0.6 is 0 Å². The Bertz CT molecular complexity index is 568. The summed E-state index contributed by atoms with van der Waals surface area (Å²) >= 11 is 0. The number of benzene rings is 1. The second kappa shape index (κ2) is 7.55. The van der Waals surface area contributed by atoms with Crippen LogP contribution in [0, 0.1) is 0 Å². The van der Waals surface area contributed by atoms with Crippen LogP contribution in [0.3, 0.4) is 0 Å². The zero-order valence-electron chi connectivity index (χ0n) is 14.8. The van der Waals surface area contributed by atoms with Crippen LogP contribution in [0.5, 0.6) is 0 Å². The summed E-state index contributed by atoms with van der Waals surface area (Å²) in [7, 11) is 1.71. The van der Waals surface area contributed by atoms with Crippen molar-refractivity contribution < 1.29 is 19.1 Å². The van der Waals surface area contributed by atoms with Crippen molar-refractivity contribution in [2.24, 2.45) is 0 Å². The summed E-state index contributed by atoms with van der Waals surface area (Å²) in [6.45, 7) is 6.79. The van der Waals surface area contributed by atoms with Crippen LogP contribution < -0.4 is 0 Å². The molecule has 132 valence electrons. The predicted molar refractivity (Wildman–Crippen MR) is 90.6 cm³/mol. The third-order valence-electron chi connectivity index (χ3n) is 3.86. The van der Waals surface area contributed by atoms with E-state index in [0.29, 0.717) is 13.1 Å². The largest absolute Gasteiger partial charge is 0.445 e. The second-order valence-electron chi connectivity index (χ2n) is 7.02. The third-order valence-corrected chi connectivity index (χ3v) is 3.86. The molecule has 24 heavy (non-hydrogen) atoms. The Morgan fingerprint density at radius 2 is 1.92 bits per heavy atom. The zero-order chi connectivity index (χ0) is 17.7. The molecule has 2 rings (SSSR count). The summed E-state index contributed by atoms with van der Waals surface area (Å²) in [5.74, 6) is 0. The SMILES string of the molecule is CN(C(=O)OC(C)(C)C)C1CCN(C(=O)OCc2ccccc2)C1. The number of rotatable bonds is 3. The molecule has 2 amide bonds. The molecule has 1 aliphatic heterocycles. The quantitative estimate of drug-likeness (QED) is 0.851. The topological polar surface area (TPSA) is 59.1 Å². The monoisotopic (exact) mass is 334 g/mol. The Balaban J connectivity index is 1.81. The van der Waals surface area contributed by atoms with Crippen LogP contribution in [-0.4, -0.2) is 53.8 Å². The molecule has 0 bridgehead atoms. The van der Waals surface area contributed by atoms with Gasteiger partial charge in [-0.1, -0.05) is 30.3 Å². The molecule has 0 N–H and O–H groups in total. The molecular weight excluding hydrogens is 308 g/mol. The van der Waals surface area contributed by atoms with E-state index >= 15 is 0 Å². The maximum atomic E-state index is 12.2. The molecule has 0 aliphatic carbocycles. The molecule has 1 aromatic rings. The van der Waals surface area contributed by atoms with E-state index < -0.39 is 5.60 Å². The summed E-state index contributed by atoms with van der Waals surface area (Å²) < 4.78 is 10.7. The maximum Gasteiger partial charge on any atom is 0.410 e. The molecule has 1 fully saturated rings. The van der Waals surface area contributed by atoms with Gasteiger partial charge in [-0.15, -0.1) is 0 Å². The van der Waals surface area contributed by atoms with Crippen molar-refractivity contribution in [2.75, 3.05) is 20.1 Å². The predicted octanol–water partition coefficient (Wildman–Crippen LogP) is 3.26. The van der Waals surface area contributed by atoms with E-state index in [4.69, 9.17) is 9.47 Å². The third kappa shape index (κ3) is 5.15. The van der Waals surface area contributed by atoms with Crippen LogP contribution in [0.2, 0.25) is 0 Å². The van der Waals surface area contributed by atoms with Gasteiger partial charge in [0.15, 0.2) is 0 Å². The van der Waals surface area contributed by atoms with Gasteiger partial charge in [0.2, 0.25) is 0 Å². The fourth-order valence-corrected chi connectivity index (χ4v) is 2.52. The minimum absolute atomic E-state index is 0.0517. The van der Waals surface area contributed by atoms with Gasteiger partial charge in [-0.05, 0) is 32.8 Å². The molecule has 0 aromatic heterocycles. The first-order valence-electron chi connectivity index (χ1n) is 8.18. The number of likely N-dealkylation sites (tertiary alicyclic amines) is 1. The van der Waals surface area contributed by atoms with E-state index in [0.717, 1.165) is 12.0 Å². The lowest BCUT2D eigenvalue weighted by molar-refractivity contribution is 0.0225. The van der Waals surface area contributed by atoms with E-state index in [1.54, 1.807) is 16.8 Å². The lowest BCUT2D eigenvalue weighted by Crippen LogP contribution is -2.42. The van der Waals surface area contributed by atoms with Crippen molar-refractivity contribution in [3.8, 4) is 0 Å². The highest BCUT2D eigenvalue weighted by Crippen LogP contribution is 2.18. The summed E-state index contributed by atoms with van der Waals surface area (Å²) in [5, 5.41) is 0. The molecule has 1 atom stereocenters. The number of likely N-dealkylation sites (N-methyl/N-ethyl adjacent to an activating group) is 1. The molecule has 0 spiro atoms. The molecule has 0 radical (unpaired) electrons. The fraction of sp³-hybridized carbons (Fsp3) is 0.556. The van der Waals surface area contributed by atoms with E-state index in [-0.39, 0.29) is 24.8 Å². The Kier molecular flexibility index (Phi) is 5.70. The Labute approximate surface area is 143 Å². The number of hydrogen-bond acceptors (Lipinski definition) is 4. The summed E-state index contributed by atoms with van der Waals surface area (Å²) in [6, 6.07) is 9.51. The summed E-state index contributed by atoms with van der Waals surface area (Å²) in [4.78, 5) is 27.5. The van der Waals surface area contributed by atoms with E-state index in [2.05, 4.69) is 0 Å². The first-order valence-corrected chi connectivity index (χ1v) is 8.18. The van der Waals surface area contributed by atoms with E-state index in [1.165, 1.54) is 0 Å². The lowest BCUT2D eigenvalue weighted by atomic mass is 10.2. The van der Waals surface area contributed by atoms with Crippen LogP contribution in [0.4, 0.5) is 9.59 Å². The fourth-order valence-electron chi connectivity index (χ4n) is 2.52. The van der Waals surface area contributed by atoms with Gasteiger partial charge in [-0.25, -0.2) is 9.59 Å². The van der Waals surface area contributed by atoms with Crippen molar-refractivity contribution in [3.63, 3.8) is 0 Å².